The summed E-state index contributed by atoms with van der Waals surface area (Å²) in [5.41, 5.74) is 1.86. The SMILES string of the molecule is CO[C@@H](C(C)=CC=CC(C)=Cc1coc(C)n1)[C@@H](C)[C@@H]1C[C@H](O)C2(C)O[C@@H]2C=C[C@@H](C)[C@H]2C[C@H](CC(=O)O2)C[C@H]2O[C@H]2C(=O)O1. The van der Waals surface area contributed by atoms with Crippen LogP contribution in [0.15, 0.2) is 52.2 Å². The number of oxazole rings is 1. The van der Waals surface area contributed by atoms with Crippen LogP contribution in [0.5, 0.6) is 0 Å². The van der Waals surface area contributed by atoms with Crippen molar-refractivity contribution in [2.45, 2.75) is 116 Å². The lowest BCUT2D eigenvalue weighted by Gasteiger charge is -2.33. The topological polar surface area (TPSA) is 133 Å². The van der Waals surface area contributed by atoms with Crippen LogP contribution < -0.4 is 0 Å². The molecular formula is C35H47NO9. The second-order valence-corrected chi connectivity index (χ2v) is 13.3. The van der Waals surface area contributed by atoms with Gasteiger partial charge < -0.3 is 33.2 Å². The van der Waals surface area contributed by atoms with Crippen LogP contribution in [0.1, 0.15) is 71.9 Å². The molecule has 0 saturated carbocycles. The molecule has 5 rings (SSSR count). The molecule has 1 aromatic heterocycles. The van der Waals surface area contributed by atoms with Crippen LogP contribution in [0.3, 0.4) is 0 Å². The molecule has 1 N–H and O–H groups in total. The first kappa shape index (κ1) is 33.3. The quantitative estimate of drug-likeness (QED) is 0.190. The zero-order chi connectivity index (χ0) is 32.5. The van der Waals surface area contributed by atoms with Gasteiger partial charge in [0, 0.05) is 38.7 Å². The van der Waals surface area contributed by atoms with Gasteiger partial charge in [0.15, 0.2) is 12.0 Å². The Morgan fingerprint density at radius 2 is 1.91 bits per heavy atom. The smallest absolute Gasteiger partial charge is 0.338 e. The molecule has 5 heterocycles. The Morgan fingerprint density at radius 1 is 1.16 bits per heavy atom. The first-order chi connectivity index (χ1) is 21.4. The maximum absolute atomic E-state index is 13.4. The molecule has 246 valence electrons. The highest BCUT2D eigenvalue weighted by atomic mass is 16.6. The largest absolute Gasteiger partial charge is 0.462 e. The summed E-state index contributed by atoms with van der Waals surface area (Å²) >= 11 is 0. The van der Waals surface area contributed by atoms with Crippen molar-refractivity contribution in [2.75, 3.05) is 7.11 Å². The predicted octanol–water partition coefficient (Wildman–Crippen LogP) is 5.05. The number of epoxide rings is 2. The van der Waals surface area contributed by atoms with Gasteiger partial charge in [-0.25, -0.2) is 9.78 Å². The number of esters is 2. The number of carbonyl (C=O) groups excluding carboxylic acids is 2. The van der Waals surface area contributed by atoms with Crippen molar-refractivity contribution in [2.24, 2.45) is 17.8 Å². The van der Waals surface area contributed by atoms with Crippen LogP contribution in [0.25, 0.3) is 6.08 Å². The number of rotatable bonds is 7. The zero-order valence-corrected chi connectivity index (χ0v) is 27.3. The first-order valence-corrected chi connectivity index (χ1v) is 16.0. The molecule has 3 saturated heterocycles. The van der Waals surface area contributed by atoms with Crippen molar-refractivity contribution in [1.82, 2.24) is 4.98 Å². The summed E-state index contributed by atoms with van der Waals surface area (Å²) in [7, 11) is 1.63. The monoisotopic (exact) mass is 625 g/mol. The number of allylic oxidation sites excluding steroid dienone is 4. The molecule has 0 spiro atoms. The van der Waals surface area contributed by atoms with Crippen LogP contribution in [-0.2, 0) is 33.3 Å². The van der Waals surface area contributed by atoms with E-state index in [1.807, 2.05) is 71.1 Å². The summed E-state index contributed by atoms with van der Waals surface area (Å²) in [5, 5.41) is 11.4. The number of hydrogen-bond donors (Lipinski definition) is 1. The summed E-state index contributed by atoms with van der Waals surface area (Å²) < 4.78 is 34.7. The number of ether oxygens (including phenoxy) is 5. The highest BCUT2D eigenvalue weighted by Gasteiger charge is 2.57. The van der Waals surface area contributed by atoms with E-state index < -0.39 is 36.0 Å². The molecule has 45 heavy (non-hydrogen) atoms. The summed E-state index contributed by atoms with van der Waals surface area (Å²) in [6.45, 7) is 11.6. The summed E-state index contributed by atoms with van der Waals surface area (Å²) in [5.74, 6) is -0.316. The van der Waals surface area contributed by atoms with Gasteiger partial charge in [-0.15, -0.1) is 0 Å². The summed E-state index contributed by atoms with van der Waals surface area (Å²) in [6.07, 6.45) is 11.7. The summed E-state index contributed by atoms with van der Waals surface area (Å²) in [6, 6.07) is 0. The number of hydrogen-bond acceptors (Lipinski definition) is 10. The average molecular weight is 626 g/mol. The number of aliphatic hydroxyl groups excluding tert-OH is 1. The van der Waals surface area contributed by atoms with Gasteiger partial charge in [-0.1, -0.05) is 44.2 Å². The molecule has 1 aromatic rings. The lowest BCUT2D eigenvalue weighted by molar-refractivity contribution is -0.159. The molecule has 2 bridgehead atoms. The maximum atomic E-state index is 13.4. The number of fused-ring (bicyclic) bond motifs is 4. The Balaban J connectivity index is 1.33. The van der Waals surface area contributed by atoms with E-state index in [1.165, 1.54) is 0 Å². The molecule has 10 heteroatoms. The van der Waals surface area contributed by atoms with Gasteiger partial charge in [-0.05, 0) is 56.8 Å². The highest BCUT2D eigenvalue weighted by molar-refractivity contribution is 5.78. The van der Waals surface area contributed by atoms with E-state index in [0.29, 0.717) is 25.2 Å². The molecule has 0 amide bonds. The third-order valence-electron chi connectivity index (χ3n) is 9.63. The normalized spacial score (nSPS) is 37.3. The van der Waals surface area contributed by atoms with Gasteiger partial charge >= 0.3 is 11.9 Å². The van der Waals surface area contributed by atoms with Gasteiger partial charge in [-0.3, -0.25) is 4.79 Å². The van der Waals surface area contributed by atoms with Gasteiger partial charge in [0.25, 0.3) is 0 Å². The van der Waals surface area contributed by atoms with E-state index in [2.05, 4.69) is 4.98 Å². The van der Waals surface area contributed by atoms with E-state index in [9.17, 15) is 14.7 Å². The minimum Gasteiger partial charge on any atom is -0.462 e. The van der Waals surface area contributed by atoms with Crippen LogP contribution in [0.4, 0.5) is 0 Å². The van der Waals surface area contributed by atoms with Crippen molar-refractivity contribution >= 4 is 18.0 Å². The van der Waals surface area contributed by atoms with Gasteiger partial charge in [0.2, 0.25) is 0 Å². The van der Waals surface area contributed by atoms with Crippen molar-refractivity contribution in [3.05, 3.63) is 59.4 Å². The second-order valence-electron chi connectivity index (χ2n) is 13.3. The Kier molecular flexibility index (Phi) is 10.2. The highest BCUT2D eigenvalue weighted by Crippen LogP contribution is 2.44. The Bertz CT molecular complexity index is 1360. The van der Waals surface area contributed by atoms with Crippen molar-refractivity contribution < 1.29 is 42.8 Å². The fourth-order valence-corrected chi connectivity index (χ4v) is 6.64. The third-order valence-corrected chi connectivity index (χ3v) is 9.63. The average Bonchev–Trinajstić information content (AvgIpc) is 3.86. The van der Waals surface area contributed by atoms with E-state index >= 15 is 0 Å². The predicted molar refractivity (Wildman–Crippen MR) is 166 cm³/mol. The van der Waals surface area contributed by atoms with Crippen molar-refractivity contribution in [1.29, 1.82) is 0 Å². The summed E-state index contributed by atoms with van der Waals surface area (Å²) in [4.78, 5) is 30.1. The molecule has 10 nitrogen and oxygen atoms in total. The molecular weight excluding hydrogens is 578 g/mol. The molecule has 11 atom stereocenters. The van der Waals surface area contributed by atoms with E-state index in [0.717, 1.165) is 16.8 Å². The van der Waals surface area contributed by atoms with Crippen LogP contribution in [0, 0.1) is 24.7 Å². The number of nitrogens with zero attached hydrogens (tertiary/aromatic N) is 1. The number of aromatic nitrogens is 1. The fourth-order valence-electron chi connectivity index (χ4n) is 6.64. The fraction of sp³-hybridized carbons (Fsp3) is 0.629. The minimum absolute atomic E-state index is 0.0130. The Hall–Kier alpha value is -3.05. The number of cyclic esters (lactones) is 1. The Labute approximate surface area is 265 Å². The lowest BCUT2D eigenvalue weighted by Crippen LogP contribution is -2.42. The Morgan fingerprint density at radius 3 is 2.62 bits per heavy atom. The minimum atomic E-state index is -0.905. The van der Waals surface area contributed by atoms with Crippen molar-refractivity contribution in [3.63, 3.8) is 0 Å². The number of aliphatic hydroxyl groups is 1. The number of aryl methyl sites for hydroxylation is 1. The zero-order valence-electron chi connectivity index (χ0n) is 27.3. The van der Waals surface area contributed by atoms with Gasteiger partial charge in [-0.2, -0.15) is 0 Å². The van der Waals surface area contributed by atoms with Crippen molar-refractivity contribution in [3.8, 4) is 0 Å². The molecule has 4 aliphatic heterocycles. The number of carbonyl (C=O) groups is 2. The maximum Gasteiger partial charge on any atom is 0.338 e. The lowest BCUT2D eigenvalue weighted by atomic mass is 9.84. The molecule has 0 aromatic carbocycles. The van der Waals surface area contributed by atoms with Crippen LogP contribution in [-0.4, -0.2) is 77.5 Å². The van der Waals surface area contributed by atoms with E-state index in [4.69, 9.17) is 28.1 Å². The molecule has 0 radical (unpaired) electrons. The van der Waals surface area contributed by atoms with E-state index in [-0.39, 0.29) is 48.5 Å². The number of methoxy groups -OCH3 is 1. The molecule has 1 unspecified atom stereocenters. The van der Waals surface area contributed by atoms with Crippen LogP contribution >= 0.6 is 0 Å². The third kappa shape index (κ3) is 8.03. The van der Waals surface area contributed by atoms with E-state index in [1.54, 1.807) is 20.3 Å². The second kappa shape index (κ2) is 13.7. The molecule has 0 aliphatic carbocycles. The molecule has 3 fully saturated rings. The molecule has 4 aliphatic rings. The first-order valence-electron chi connectivity index (χ1n) is 16.0. The van der Waals surface area contributed by atoms with Gasteiger partial charge in [0.1, 0.15) is 35.9 Å². The standard InChI is InChI=1S/C35H47NO9/c1-19(13-25-18-41-23(5)36-25)9-8-10-21(3)32(40-7)22(4)27-17-29(37)35(6)30(45-35)12-11-20(2)26-14-24(16-31(38)42-26)15-28-33(43-28)34(39)44-27/h8-13,18,20,22,24,26-30,32-33,37H,14-17H2,1-7H3/t20-,22+,24+,26-,27+,28-,29+,30-,32+,33-,35?/m1/s1. The van der Waals surface area contributed by atoms with Crippen LogP contribution in [0.2, 0.25) is 0 Å². The van der Waals surface area contributed by atoms with Gasteiger partial charge in [0.05, 0.1) is 18.3 Å².